The number of nitrogens with zero attached hydrogens (tertiary/aromatic N) is 1. The fourth-order valence-electron chi connectivity index (χ4n) is 1.89. The largest absolute Gasteiger partial charge is 0.249 e. The first-order valence-electron chi connectivity index (χ1n) is 5.70. The molecule has 0 unspecified atom stereocenters. The van der Waals surface area contributed by atoms with Gasteiger partial charge in [0.15, 0.2) is 0 Å². The molecule has 0 bridgehead atoms. The summed E-state index contributed by atoms with van der Waals surface area (Å²) in [7, 11) is 0. The van der Waals surface area contributed by atoms with Crippen LogP contribution in [0.5, 0.6) is 0 Å². The highest BCUT2D eigenvalue weighted by Gasteiger charge is 2.18. The molecule has 0 saturated heterocycles. The molecule has 2 heteroatoms. The Balaban J connectivity index is 2.16. The maximum absolute atomic E-state index is 4.45. The summed E-state index contributed by atoms with van der Waals surface area (Å²) in [5, 5.41) is 3.33. The van der Waals surface area contributed by atoms with Gasteiger partial charge >= 0.3 is 0 Å². The Labute approximate surface area is 101 Å². The second-order valence-corrected chi connectivity index (χ2v) is 5.34. The second kappa shape index (κ2) is 5.26. The lowest BCUT2D eigenvalue weighted by Gasteiger charge is -2.18. The summed E-state index contributed by atoms with van der Waals surface area (Å²) >= 11 is 1.77. The van der Waals surface area contributed by atoms with Crippen molar-refractivity contribution in [3.63, 3.8) is 0 Å². The van der Waals surface area contributed by atoms with Gasteiger partial charge in [0.05, 0.1) is 5.01 Å². The van der Waals surface area contributed by atoms with Gasteiger partial charge in [-0.15, -0.1) is 11.3 Å². The van der Waals surface area contributed by atoms with Gasteiger partial charge in [-0.1, -0.05) is 44.2 Å². The Bertz CT molecular complexity index is 406. The summed E-state index contributed by atoms with van der Waals surface area (Å²) in [6.45, 7) is 4.55. The summed E-state index contributed by atoms with van der Waals surface area (Å²) < 4.78 is 0. The third-order valence-corrected chi connectivity index (χ3v) is 3.78. The lowest BCUT2D eigenvalue weighted by Crippen LogP contribution is -2.09. The predicted molar refractivity (Wildman–Crippen MR) is 69.8 cm³/mol. The highest BCUT2D eigenvalue weighted by atomic mass is 32.1. The molecule has 0 fully saturated rings. The molecule has 1 heterocycles. The maximum Gasteiger partial charge on any atom is 0.0961 e. The van der Waals surface area contributed by atoms with Crippen molar-refractivity contribution in [2.75, 3.05) is 0 Å². The topological polar surface area (TPSA) is 12.9 Å². The molecular formula is C14H17NS. The Hall–Kier alpha value is -1.15. The summed E-state index contributed by atoms with van der Waals surface area (Å²) in [6, 6.07) is 10.7. The lowest BCUT2D eigenvalue weighted by molar-refractivity contribution is 0.493. The minimum Gasteiger partial charge on any atom is -0.249 e. The second-order valence-electron chi connectivity index (χ2n) is 4.41. The maximum atomic E-state index is 4.45. The van der Waals surface area contributed by atoms with E-state index in [0.29, 0.717) is 11.8 Å². The van der Waals surface area contributed by atoms with Crippen LogP contribution < -0.4 is 0 Å². The minimum atomic E-state index is 0.544. The molecule has 0 aliphatic rings. The molecule has 84 valence electrons. The van der Waals surface area contributed by atoms with E-state index in [2.05, 4.69) is 54.5 Å². The molecule has 0 amide bonds. The molecule has 0 aliphatic heterocycles. The van der Waals surface area contributed by atoms with E-state index in [1.807, 2.05) is 6.20 Å². The highest BCUT2D eigenvalue weighted by molar-refractivity contribution is 7.09. The van der Waals surface area contributed by atoms with E-state index in [1.54, 1.807) is 11.3 Å². The molecular weight excluding hydrogens is 214 g/mol. The van der Waals surface area contributed by atoms with Crippen LogP contribution in [0, 0.1) is 5.92 Å². The Morgan fingerprint density at radius 3 is 2.50 bits per heavy atom. The molecule has 0 N–H and O–H groups in total. The molecule has 1 atom stereocenters. The van der Waals surface area contributed by atoms with Gasteiger partial charge in [0.25, 0.3) is 0 Å². The zero-order chi connectivity index (χ0) is 11.4. The fourth-order valence-corrected chi connectivity index (χ4v) is 2.81. The fraction of sp³-hybridized carbons (Fsp3) is 0.357. The van der Waals surface area contributed by atoms with Gasteiger partial charge in [-0.2, -0.15) is 0 Å². The van der Waals surface area contributed by atoms with Crippen molar-refractivity contribution < 1.29 is 0 Å². The van der Waals surface area contributed by atoms with Crippen molar-refractivity contribution >= 4 is 11.3 Å². The van der Waals surface area contributed by atoms with E-state index in [1.165, 1.54) is 10.6 Å². The molecule has 1 aromatic carbocycles. The van der Waals surface area contributed by atoms with Gasteiger partial charge in [-0.05, 0) is 17.9 Å². The summed E-state index contributed by atoms with van der Waals surface area (Å²) in [6.07, 6.45) is 2.99. The molecule has 16 heavy (non-hydrogen) atoms. The smallest absolute Gasteiger partial charge is 0.0961 e. The van der Waals surface area contributed by atoms with Crippen LogP contribution in [-0.4, -0.2) is 4.98 Å². The first-order chi connectivity index (χ1) is 7.77. The van der Waals surface area contributed by atoms with Crippen molar-refractivity contribution in [3.05, 3.63) is 52.5 Å². The molecule has 2 rings (SSSR count). The van der Waals surface area contributed by atoms with E-state index in [9.17, 15) is 0 Å². The standard InChI is InChI=1S/C14H17NS/c1-11(2)13(14-15-8-9-16-14)10-12-6-4-3-5-7-12/h3-9,11,13H,10H2,1-2H3/t13-/m0/s1. The first kappa shape index (κ1) is 11.3. The predicted octanol–water partition coefficient (Wildman–Crippen LogP) is 4.13. The van der Waals surface area contributed by atoms with Crippen LogP contribution in [0.1, 0.15) is 30.3 Å². The van der Waals surface area contributed by atoms with Gasteiger partial charge < -0.3 is 0 Å². The number of benzene rings is 1. The van der Waals surface area contributed by atoms with E-state index >= 15 is 0 Å². The van der Waals surface area contributed by atoms with Crippen molar-refractivity contribution in [1.29, 1.82) is 0 Å². The van der Waals surface area contributed by atoms with Crippen molar-refractivity contribution in [2.24, 2.45) is 5.92 Å². The number of hydrogen-bond donors (Lipinski definition) is 0. The average Bonchev–Trinajstić information content (AvgIpc) is 2.80. The van der Waals surface area contributed by atoms with Crippen LogP contribution in [0.25, 0.3) is 0 Å². The summed E-state index contributed by atoms with van der Waals surface area (Å²) in [4.78, 5) is 4.45. The molecule has 1 aromatic heterocycles. The SMILES string of the molecule is CC(C)[C@H](Cc1ccccc1)c1nccs1. The van der Waals surface area contributed by atoms with Gasteiger partial charge in [-0.25, -0.2) is 4.98 Å². The minimum absolute atomic E-state index is 0.544. The molecule has 2 aromatic rings. The lowest BCUT2D eigenvalue weighted by atomic mass is 9.90. The Morgan fingerprint density at radius 1 is 1.19 bits per heavy atom. The van der Waals surface area contributed by atoms with Gasteiger partial charge in [-0.3, -0.25) is 0 Å². The van der Waals surface area contributed by atoms with E-state index < -0.39 is 0 Å². The molecule has 1 nitrogen and oxygen atoms in total. The van der Waals surface area contributed by atoms with Crippen LogP contribution >= 0.6 is 11.3 Å². The quantitative estimate of drug-likeness (QED) is 0.771. The zero-order valence-corrected chi connectivity index (χ0v) is 10.6. The van der Waals surface area contributed by atoms with E-state index in [-0.39, 0.29) is 0 Å². The molecule has 0 saturated carbocycles. The van der Waals surface area contributed by atoms with Crippen LogP contribution in [0.15, 0.2) is 41.9 Å². The average molecular weight is 231 g/mol. The van der Waals surface area contributed by atoms with Crippen LogP contribution in [0.4, 0.5) is 0 Å². The van der Waals surface area contributed by atoms with Gasteiger partial charge in [0.1, 0.15) is 0 Å². The number of rotatable bonds is 4. The summed E-state index contributed by atoms with van der Waals surface area (Å²) in [5.41, 5.74) is 1.40. The van der Waals surface area contributed by atoms with Crippen LogP contribution in [0.3, 0.4) is 0 Å². The van der Waals surface area contributed by atoms with Crippen LogP contribution in [-0.2, 0) is 6.42 Å². The van der Waals surface area contributed by atoms with Crippen molar-refractivity contribution in [3.8, 4) is 0 Å². The highest BCUT2D eigenvalue weighted by Crippen LogP contribution is 2.29. The Morgan fingerprint density at radius 2 is 1.94 bits per heavy atom. The van der Waals surface area contributed by atoms with E-state index in [0.717, 1.165) is 6.42 Å². The van der Waals surface area contributed by atoms with Crippen LogP contribution in [0.2, 0.25) is 0 Å². The van der Waals surface area contributed by atoms with Crippen molar-refractivity contribution in [2.45, 2.75) is 26.2 Å². The molecule has 0 aliphatic carbocycles. The number of aromatic nitrogens is 1. The zero-order valence-electron chi connectivity index (χ0n) is 9.76. The first-order valence-corrected chi connectivity index (χ1v) is 6.58. The van der Waals surface area contributed by atoms with E-state index in [4.69, 9.17) is 0 Å². The monoisotopic (exact) mass is 231 g/mol. The van der Waals surface area contributed by atoms with Gasteiger partial charge in [0, 0.05) is 17.5 Å². The normalized spacial score (nSPS) is 12.9. The van der Waals surface area contributed by atoms with Crippen molar-refractivity contribution in [1.82, 2.24) is 4.98 Å². The Kier molecular flexibility index (Phi) is 3.73. The molecule has 0 radical (unpaired) electrons. The summed E-state index contributed by atoms with van der Waals surface area (Å²) in [5.74, 6) is 1.17. The third-order valence-electron chi connectivity index (χ3n) is 2.87. The number of thiazole rings is 1. The van der Waals surface area contributed by atoms with Gasteiger partial charge in [0.2, 0.25) is 0 Å². The molecule has 0 spiro atoms. The third kappa shape index (κ3) is 2.70. The number of hydrogen-bond acceptors (Lipinski definition) is 2.